The maximum Gasteiger partial charge on any atom is 0.340 e. The molecule has 0 spiro atoms. The van der Waals surface area contributed by atoms with Crippen LogP contribution in [0.4, 0.5) is 5.00 Å². The molecule has 180 valence electrons. The number of nitrogens with one attached hydrogen (secondary N) is 1. The Kier molecular flexibility index (Phi) is 7.89. The van der Waals surface area contributed by atoms with Crippen LogP contribution >= 0.6 is 23.1 Å². The number of nitrogens with zero attached hydrogens (tertiary/aromatic N) is 3. The fourth-order valence-electron chi connectivity index (χ4n) is 3.84. The van der Waals surface area contributed by atoms with Crippen LogP contribution in [0.1, 0.15) is 47.8 Å². The summed E-state index contributed by atoms with van der Waals surface area (Å²) in [6.45, 7) is 2.00. The number of methoxy groups -OCH3 is 1. The van der Waals surface area contributed by atoms with Crippen LogP contribution in [-0.2, 0) is 23.0 Å². The predicted molar refractivity (Wildman–Crippen MR) is 134 cm³/mol. The van der Waals surface area contributed by atoms with Gasteiger partial charge in [0.1, 0.15) is 10.8 Å². The number of esters is 1. The van der Waals surface area contributed by atoms with Gasteiger partial charge in [-0.25, -0.2) is 4.79 Å². The molecule has 0 atom stereocenters. The van der Waals surface area contributed by atoms with Gasteiger partial charge in [-0.3, -0.25) is 4.79 Å². The molecule has 1 N–H and O–H groups in total. The van der Waals surface area contributed by atoms with E-state index >= 15 is 0 Å². The number of hydrogen-bond donors (Lipinski definition) is 1. The van der Waals surface area contributed by atoms with Crippen molar-refractivity contribution in [1.29, 1.82) is 0 Å². The van der Waals surface area contributed by atoms with E-state index in [1.54, 1.807) is 6.07 Å². The van der Waals surface area contributed by atoms with Crippen LogP contribution in [0.3, 0.4) is 0 Å². The zero-order valence-electron chi connectivity index (χ0n) is 19.5. The van der Waals surface area contributed by atoms with Crippen molar-refractivity contribution in [2.75, 3.05) is 18.2 Å². The third-order valence-electron chi connectivity index (χ3n) is 5.67. The number of thioether (sulfide) groups is 1. The van der Waals surface area contributed by atoms with Gasteiger partial charge in [0.25, 0.3) is 0 Å². The van der Waals surface area contributed by atoms with E-state index < -0.39 is 5.97 Å². The lowest BCUT2D eigenvalue weighted by Gasteiger charge is -2.13. The number of aromatic nitrogens is 3. The number of rotatable bonds is 9. The number of carbonyl (C=O) groups excluding carboxylic acids is 2. The molecule has 3 aromatic rings. The molecular weight excluding hydrogens is 472 g/mol. The molecular formula is C24H28N4O4S2. The van der Waals surface area contributed by atoms with Crippen LogP contribution in [0.15, 0.2) is 35.5 Å². The molecule has 1 amide bonds. The van der Waals surface area contributed by atoms with Crippen LogP contribution in [-0.4, -0.2) is 45.6 Å². The van der Waals surface area contributed by atoms with Gasteiger partial charge >= 0.3 is 5.97 Å². The van der Waals surface area contributed by atoms with Crippen LogP contribution in [0.2, 0.25) is 0 Å². The van der Waals surface area contributed by atoms with Crippen molar-refractivity contribution in [3.63, 3.8) is 0 Å². The zero-order valence-corrected chi connectivity index (χ0v) is 21.1. The minimum Gasteiger partial charge on any atom is -0.490 e. The van der Waals surface area contributed by atoms with Crippen molar-refractivity contribution >= 4 is 40.0 Å². The average molecular weight is 501 g/mol. The summed E-state index contributed by atoms with van der Waals surface area (Å²) in [6.07, 6.45) is 5.81. The highest BCUT2D eigenvalue weighted by atomic mass is 32.2. The second-order valence-corrected chi connectivity index (χ2v) is 10.1. The van der Waals surface area contributed by atoms with Crippen molar-refractivity contribution < 1.29 is 19.1 Å². The van der Waals surface area contributed by atoms with Gasteiger partial charge in [-0.2, -0.15) is 0 Å². The van der Waals surface area contributed by atoms with Gasteiger partial charge in [-0.1, -0.05) is 18.7 Å². The summed E-state index contributed by atoms with van der Waals surface area (Å²) in [5.74, 6) is 1.04. The van der Waals surface area contributed by atoms with Crippen molar-refractivity contribution in [3.05, 3.63) is 40.8 Å². The Bertz CT molecular complexity index is 1150. The molecule has 0 bridgehead atoms. The van der Waals surface area contributed by atoms with Gasteiger partial charge in [0.15, 0.2) is 11.0 Å². The van der Waals surface area contributed by atoms with E-state index in [9.17, 15) is 9.59 Å². The Hall–Kier alpha value is -2.85. The molecule has 8 nitrogen and oxygen atoms in total. The van der Waals surface area contributed by atoms with Gasteiger partial charge in [0.05, 0.1) is 24.5 Å². The van der Waals surface area contributed by atoms with E-state index in [1.807, 2.05) is 42.8 Å². The molecule has 2 heterocycles. The molecule has 1 aliphatic rings. The third-order valence-corrected chi connectivity index (χ3v) is 7.89. The molecule has 0 aliphatic heterocycles. The second-order valence-electron chi connectivity index (χ2n) is 8.05. The van der Waals surface area contributed by atoms with Gasteiger partial charge in [0.2, 0.25) is 5.91 Å². The van der Waals surface area contributed by atoms with Gasteiger partial charge in [0, 0.05) is 17.5 Å². The summed E-state index contributed by atoms with van der Waals surface area (Å²) in [6, 6.07) is 9.65. The number of hydrogen-bond acceptors (Lipinski definition) is 8. The van der Waals surface area contributed by atoms with E-state index in [0.717, 1.165) is 35.5 Å². The average Bonchev–Trinajstić information content (AvgIpc) is 3.58. The van der Waals surface area contributed by atoms with Crippen LogP contribution < -0.4 is 10.1 Å². The predicted octanol–water partition coefficient (Wildman–Crippen LogP) is 4.94. The van der Waals surface area contributed by atoms with E-state index in [-0.39, 0.29) is 11.7 Å². The van der Waals surface area contributed by atoms with Crippen LogP contribution in [0.5, 0.6) is 5.75 Å². The van der Waals surface area contributed by atoms with E-state index in [1.165, 1.54) is 43.1 Å². The Labute approximate surface area is 207 Å². The minimum absolute atomic E-state index is 0.139. The molecule has 0 saturated heterocycles. The molecule has 4 rings (SSSR count). The third kappa shape index (κ3) is 5.61. The van der Waals surface area contributed by atoms with Gasteiger partial charge < -0.3 is 19.4 Å². The van der Waals surface area contributed by atoms with Gasteiger partial charge in [-0.05, 0) is 62.4 Å². The summed E-state index contributed by atoms with van der Waals surface area (Å²) in [5.41, 5.74) is 1.31. The van der Waals surface area contributed by atoms with E-state index in [4.69, 9.17) is 9.47 Å². The Balaban J connectivity index is 1.37. The zero-order chi connectivity index (χ0) is 24.1. The minimum atomic E-state index is -0.462. The maximum atomic E-state index is 12.6. The first-order valence-electron chi connectivity index (χ1n) is 11.3. The van der Waals surface area contributed by atoms with Crippen LogP contribution in [0, 0.1) is 0 Å². The summed E-state index contributed by atoms with van der Waals surface area (Å²) >= 11 is 2.67. The lowest BCUT2D eigenvalue weighted by molar-refractivity contribution is -0.113. The second kappa shape index (κ2) is 11.1. The molecule has 1 aliphatic carbocycles. The number of thiophene rings is 1. The number of amides is 1. The highest BCUT2D eigenvalue weighted by Crippen LogP contribution is 2.30. The topological polar surface area (TPSA) is 95.3 Å². The maximum absolute atomic E-state index is 12.6. The Morgan fingerprint density at radius 2 is 1.94 bits per heavy atom. The molecule has 0 radical (unpaired) electrons. The molecule has 34 heavy (non-hydrogen) atoms. The quantitative estimate of drug-likeness (QED) is 0.328. The normalized spacial score (nSPS) is 13.7. The summed E-state index contributed by atoms with van der Waals surface area (Å²) < 4.78 is 12.7. The lowest BCUT2D eigenvalue weighted by atomic mass is 10.2. The Morgan fingerprint density at radius 1 is 1.21 bits per heavy atom. The first kappa shape index (κ1) is 24.3. The summed E-state index contributed by atoms with van der Waals surface area (Å²) in [4.78, 5) is 25.6. The fraction of sp³-hybridized carbons (Fsp3) is 0.417. The Morgan fingerprint density at radius 3 is 2.62 bits per heavy atom. The number of benzene rings is 1. The lowest BCUT2D eigenvalue weighted by Crippen LogP contribution is -2.16. The fourth-order valence-corrected chi connectivity index (χ4v) is 5.55. The summed E-state index contributed by atoms with van der Waals surface area (Å²) in [7, 11) is 3.20. The molecule has 2 aromatic heterocycles. The molecule has 1 aromatic carbocycles. The first-order chi connectivity index (χ1) is 16.5. The molecule has 1 saturated carbocycles. The summed E-state index contributed by atoms with van der Waals surface area (Å²) in [5, 5.41) is 12.5. The van der Waals surface area contributed by atoms with E-state index in [0.29, 0.717) is 27.6 Å². The van der Waals surface area contributed by atoms with Crippen molar-refractivity contribution in [2.24, 2.45) is 7.05 Å². The monoisotopic (exact) mass is 500 g/mol. The molecule has 1 fully saturated rings. The molecule has 10 heteroatoms. The van der Waals surface area contributed by atoms with Crippen molar-refractivity contribution in [1.82, 2.24) is 14.8 Å². The SMILES string of the molecule is CCc1cc(C(=O)OC)c(NC(=O)CSc2nnc(-c3ccc(OC4CCCC4)cc3)n2C)s1. The smallest absolute Gasteiger partial charge is 0.340 e. The van der Waals surface area contributed by atoms with Crippen molar-refractivity contribution in [3.8, 4) is 17.1 Å². The first-order valence-corrected chi connectivity index (χ1v) is 13.1. The number of aryl methyl sites for hydroxylation is 1. The number of anilines is 1. The van der Waals surface area contributed by atoms with Crippen LogP contribution in [0.25, 0.3) is 11.4 Å². The number of carbonyl (C=O) groups is 2. The van der Waals surface area contributed by atoms with E-state index in [2.05, 4.69) is 15.5 Å². The van der Waals surface area contributed by atoms with Crippen molar-refractivity contribution in [2.45, 2.75) is 50.3 Å². The largest absolute Gasteiger partial charge is 0.490 e. The molecule has 0 unspecified atom stereocenters. The number of ether oxygens (including phenoxy) is 2. The van der Waals surface area contributed by atoms with Gasteiger partial charge in [-0.15, -0.1) is 21.5 Å². The highest BCUT2D eigenvalue weighted by molar-refractivity contribution is 7.99. The highest BCUT2D eigenvalue weighted by Gasteiger charge is 2.20. The standard InChI is InChI=1S/C24H28N4O4S2/c1-4-18-13-19(23(30)31-3)22(34-18)25-20(29)14-33-24-27-26-21(28(24)2)15-9-11-17(12-10-15)32-16-7-5-6-8-16/h9-13,16H,4-8,14H2,1-3H3,(H,25,29).